The average molecular weight is 299 g/mol. The maximum Gasteiger partial charge on any atom is 0.203 e. The molecule has 0 fully saturated rings. The highest BCUT2D eigenvalue weighted by Crippen LogP contribution is 2.36. The summed E-state index contributed by atoms with van der Waals surface area (Å²) < 4.78 is 26.9. The summed E-state index contributed by atoms with van der Waals surface area (Å²) in [7, 11) is 3.21. The van der Waals surface area contributed by atoms with Crippen LogP contribution in [0.25, 0.3) is 0 Å². The standard InChI is InChI=1S/C15H25NO5/c1-17-13-5-3-6-14(18-2)15(13)21-9-4-8-19-11-12-20-10-7-16/h3,5-6H,4,7-12,16H2,1-2H3. The first-order chi connectivity index (χ1) is 10.3. The summed E-state index contributed by atoms with van der Waals surface area (Å²) in [4.78, 5) is 0. The van der Waals surface area contributed by atoms with E-state index in [0.29, 0.717) is 56.8 Å². The number of para-hydroxylation sites is 1. The van der Waals surface area contributed by atoms with Crippen molar-refractivity contribution in [3.8, 4) is 17.2 Å². The molecule has 0 radical (unpaired) electrons. The van der Waals surface area contributed by atoms with Crippen LogP contribution in [0.4, 0.5) is 0 Å². The minimum Gasteiger partial charge on any atom is -0.493 e. The molecule has 0 aliphatic carbocycles. The molecular weight excluding hydrogens is 274 g/mol. The Balaban J connectivity index is 2.20. The Kier molecular flexibility index (Phi) is 9.35. The predicted molar refractivity (Wildman–Crippen MR) is 80.4 cm³/mol. The highest BCUT2D eigenvalue weighted by atomic mass is 16.5. The van der Waals surface area contributed by atoms with Gasteiger partial charge in [-0.15, -0.1) is 0 Å². The first-order valence-corrected chi connectivity index (χ1v) is 7.02. The zero-order valence-electron chi connectivity index (χ0n) is 12.8. The summed E-state index contributed by atoms with van der Waals surface area (Å²) in [5.41, 5.74) is 5.31. The van der Waals surface area contributed by atoms with Crippen LogP contribution >= 0.6 is 0 Å². The number of rotatable bonds is 12. The monoisotopic (exact) mass is 299 g/mol. The van der Waals surface area contributed by atoms with E-state index in [0.717, 1.165) is 6.42 Å². The molecule has 0 aliphatic heterocycles. The van der Waals surface area contributed by atoms with Crippen LogP contribution in [0.5, 0.6) is 17.2 Å². The van der Waals surface area contributed by atoms with Gasteiger partial charge in [0.15, 0.2) is 11.5 Å². The number of methoxy groups -OCH3 is 2. The Morgan fingerprint density at radius 3 is 2.05 bits per heavy atom. The van der Waals surface area contributed by atoms with Crippen molar-refractivity contribution >= 4 is 0 Å². The quantitative estimate of drug-likeness (QED) is 0.589. The minimum absolute atomic E-state index is 0.528. The summed E-state index contributed by atoms with van der Waals surface area (Å²) >= 11 is 0. The number of hydrogen-bond acceptors (Lipinski definition) is 6. The fourth-order valence-corrected chi connectivity index (χ4v) is 1.70. The molecule has 21 heavy (non-hydrogen) atoms. The maximum absolute atomic E-state index is 5.72. The lowest BCUT2D eigenvalue weighted by Gasteiger charge is -2.14. The van der Waals surface area contributed by atoms with E-state index in [1.54, 1.807) is 14.2 Å². The lowest BCUT2D eigenvalue weighted by atomic mass is 10.3. The van der Waals surface area contributed by atoms with E-state index in [2.05, 4.69) is 0 Å². The molecule has 1 aromatic rings. The third kappa shape index (κ3) is 6.66. The van der Waals surface area contributed by atoms with Gasteiger partial charge in [0.1, 0.15) is 0 Å². The summed E-state index contributed by atoms with van der Waals surface area (Å²) in [6.45, 7) is 3.38. The molecular formula is C15H25NO5. The van der Waals surface area contributed by atoms with Crippen LogP contribution in [0.15, 0.2) is 18.2 Å². The molecule has 0 saturated heterocycles. The number of benzene rings is 1. The fourth-order valence-electron chi connectivity index (χ4n) is 1.70. The van der Waals surface area contributed by atoms with Crippen molar-refractivity contribution in [1.82, 2.24) is 0 Å². The molecule has 0 amide bonds. The molecule has 0 spiro atoms. The second kappa shape index (κ2) is 11.2. The van der Waals surface area contributed by atoms with Crippen molar-refractivity contribution in [1.29, 1.82) is 0 Å². The van der Waals surface area contributed by atoms with Crippen LogP contribution in [-0.4, -0.2) is 53.8 Å². The van der Waals surface area contributed by atoms with Gasteiger partial charge < -0.3 is 29.4 Å². The Labute approximate surface area is 126 Å². The summed E-state index contributed by atoms with van der Waals surface area (Å²) in [6, 6.07) is 5.53. The molecule has 0 heterocycles. The van der Waals surface area contributed by atoms with Crippen LogP contribution in [0.1, 0.15) is 6.42 Å². The molecule has 0 unspecified atom stereocenters. The summed E-state index contributed by atoms with van der Waals surface area (Å²) in [5.74, 6) is 1.93. The van der Waals surface area contributed by atoms with Gasteiger partial charge in [0.2, 0.25) is 5.75 Å². The number of ether oxygens (including phenoxy) is 5. The van der Waals surface area contributed by atoms with Crippen LogP contribution in [-0.2, 0) is 9.47 Å². The first-order valence-electron chi connectivity index (χ1n) is 7.02. The number of hydrogen-bond donors (Lipinski definition) is 1. The van der Waals surface area contributed by atoms with E-state index in [9.17, 15) is 0 Å². The van der Waals surface area contributed by atoms with Crippen LogP contribution in [0, 0.1) is 0 Å². The summed E-state index contributed by atoms with van der Waals surface area (Å²) in [6.07, 6.45) is 0.776. The molecule has 1 rings (SSSR count). The average Bonchev–Trinajstić information content (AvgIpc) is 2.53. The van der Waals surface area contributed by atoms with Crippen molar-refractivity contribution in [3.05, 3.63) is 18.2 Å². The van der Waals surface area contributed by atoms with Gasteiger partial charge >= 0.3 is 0 Å². The molecule has 6 nitrogen and oxygen atoms in total. The van der Waals surface area contributed by atoms with Crippen LogP contribution < -0.4 is 19.9 Å². The first kappa shape index (κ1) is 17.6. The molecule has 1 aromatic carbocycles. The SMILES string of the molecule is COc1cccc(OC)c1OCCCOCCOCCN. The largest absolute Gasteiger partial charge is 0.493 e. The third-order valence-corrected chi connectivity index (χ3v) is 2.70. The summed E-state index contributed by atoms with van der Waals surface area (Å²) in [5, 5.41) is 0. The zero-order valence-corrected chi connectivity index (χ0v) is 12.8. The van der Waals surface area contributed by atoms with Gasteiger partial charge in [-0.05, 0) is 12.1 Å². The molecule has 0 aromatic heterocycles. The van der Waals surface area contributed by atoms with Gasteiger partial charge in [0.25, 0.3) is 0 Å². The molecule has 0 aliphatic rings. The zero-order chi connectivity index (χ0) is 15.3. The lowest BCUT2D eigenvalue weighted by molar-refractivity contribution is 0.0461. The van der Waals surface area contributed by atoms with Crippen molar-refractivity contribution in [2.45, 2.75) is 6.42 Å². The third-order valence-electron chi connectivity index (χ3n) is 2.70. The van der Waals surface area contributed by atoms with E-state index in [-0.39, 0.29) is 0 Å². The van der Waals surface area contributed by atoms with E-state index in [1.165, 1.54) is 0 Å². The Morgan fingerprint density at radius 2 is 1.48 bits per heavy atom. The van der Waals surface area contributed by atoms with Crippen molar-refractivity contribution < 1.29 is 23.7 Å². The maximum atomic E-state index is 5.72. The van der Waals surface area contributed by atoms with E-state index < -0.39 is 0 Å². The van der Waals surface area contributed by atoms with E-state index >= 15 is 0 Å². The van der Waals surface area contributed by atoms with Gasteiger partial charge in [-0.2, -0.15) is 0 Å². The molecule has 0 bridgehead atoms. The van der Waals surface area contributed by atoms with Crippen LogP contribution in [0.2, 0.25) is 0 Å². The molecule has 120 valence electrons. The molecule has 6 heteroatoms. The van der Waals surface area contributed by atoms with Crippen molar-refractivity contribution in [3.63, 3.8) is 0 Å². The number of nitrogens with two attached hydrogens (primary N) is 1. The Hall–Kier alpha value is -1.50. The highest BCUT2D eigenvalue weighted by Gasteiger charge is 2.10. The minimum atomic E-state index is 0.528. The van der Waals surface area contributed by atoms with Crippen molar-refractivity contribution in [2.75, 3.05) is 53.8 Å². The molecule has 0 saturated carbocycles. The Morgan fingerprint density at radius 1 is 0.857 bits per heavy atom. The molecule has 2 N–H and O–H groups in total. The normalized spacial score (nSPS) is 10.4. The van der Waals surface area contributed by atoms with Gasteiger partial charge in [-0.3, -0.25) is 0 Å². The van der Waals surface area contributed by atoms with Gasteiger partial charge in [-0.25, -0.2) is 0 Å². The van der Waals surface area contributed by atoms with Crippen LogP contribution in [0.3, 0.4) is 0 Å². The van der Waals surface area contributed by atoms with E-state index in [1.807, 2.05) is 18.2 Å². The molecule has 0 atom stereocenters. The Bertz CT molecular complexity index is 364. The topological polar surface area (TPSA) is 72.2 Å². The van der Waals surface area contributed by atoms with E-state index in [4.69, 9.17) is 29.4 Å². The second-order valence-corrected chi connectivity index (χ2v) is 4.21. The second-order valence-electron chi connectivity index (χ2n) is 4.21. The highest BCUT2D eigenvalue weighted by molar-refractivity contribution is 5.51. The fraction of sp³-hybridized carbons (Fsp3) is 0.600. The van der Waals surface area contributed by atoms with Gasteiger partial charge in [0, 0.05) is 19.6 Å². The lowest BCUT2D eigenvalue weighted by Crippen LogP contribution is -2.13. The van der Waals surface area contributed by atoms with Gasteiger partial charge in [-0.1, -0.05) is 6.07 Å². The predicted octanol–water partition coefficient (Wildman–Crippen LogP) is 1.46. The van der Waals surface area contributed by atoms with Gasteiger partial charge in [0.05, 0.1) is 40.6 Å². The van der Waals surface area contributed by atoms with Crippen molar-refractivity contribution in [2.24, 2.45) is 5.73 Å². The smallest absolute Gasteiger partial charge is 0.203 e.